The quantitative estimate of drug-likeness (QED) is 0.234. The Bertz CT molecular complexity index is 1330. The predicted octanol–water partition coefficient (Wildman–Crippen LogP) is 4.38. The van der Waals surface area contributed by atoms with E-state index in [4.69, 9.17) is 15.9 Å². The van der Waals surface area contributed by atoms with Crippen molar-refractivity contribution in [1.82, 2.24) is 15.6 Å². The Hall–Kier alpha value is -4.50. The van der Waals surface area contributed by atoms with E-state index in [0.717, 1.165) is 41.1 Å². The molecule has 0 spiro atoms. The first-order chi connectivity index (χ1) is 19.0. The zero-order valence-corrected chi connectivity index (χ0v) is 22.2. The van der Waals surface area contributed by atoms with Crippen LogP contribution in [0.2, 0.25) is 0 Å². The molecule has 0 saturated heterocycles. The molecule has 9 nitrogen and oxygen atoms in total. The van der Waals surface area contributed by atoms with Gasteiger partial charge in [0.25, 0.3) is 11.8 Å². The summed E-state index contributed by atoms with van der Waals surface area (Å²) in [6.45, 7) is 4.79. The first-order valence-electron chi connectivity index (χ1n) is 12.8. The van der Waals surface area contributed by atoms with Crippen molar-refractivity contribution in [3.8, 4) is 0 Å². The molecule has 39 heavy (non-hydrogen) atoms. The highest BCUT2D eigenvalue weighted by molar-refractivity contribution is 6.15. The summed E-state index contributed by atoms with van der Waals surface area (Å²) in [5.41, 5.74) is 8.57. The number of pyridine rings is 1. The van der Waals surface area contributed by atoms with Crippen LogP contribution in [0.25, 0.3) is 10.8 Å². The van der Waals surface area contributed by atoms with Crippen LogP contribution in [0.15, 0.2) is 79.3 Å². The van der Waals surface area contributed by atoms with Gasteiger partial charge in [-0.3, -0.25) is 9.59 Å². The number of carbonyl (C=O) groups excluding carboxylic acids is 2. The Morgan fingerprint density at radius 3 is 2.49 bits per heavy atom. The molecule has 2 amide bonds. The summed E-state index contributed by atoms with van der Waals surface area (Å²) in [7, 11) is 1.61. The average Bonchev–Trinajstić information content (AvgIpc) is 2.94. The van der Waals surface area contributed by atoms with Gasteiger partial charge in [0.1, 0.15) is 0 Å². The van der Waals surface area contributed by atoms with Crippen LogP contribution in [0.5, 0.6) is 0 Å². The van der Waals surface area contributed by atoms with E-state index in [2.05, 4.69) is 27.5 Å². The molecule has 9 heteroatoms. The van der Waals surface area contributed by atoms with Crippen molar-refractivity contribution in [2.75, 3.05) is 25.6 Å². The van der Waals surface area contributed by atoms with Crippen LogP contribution in [0, 0.1) is 11.3 Å². The fourth-order valence-corrected chi connectivity index (χ4v) is 4.13. The van der Waals surface area contributed by atoms with Crippen LogP contribution in [0.4, 0.5) is 5.69 Å². The standard InChI is InChI=1S/C27H31N5O3.C3H5N/c1-35-17-20(14-28)30-16-19-11-12-23(22-9-3-2-8-21(19)22)26(33)32-24-10-5-13-29-25(24)27(34)31-15-18-6-4-7-18;1-2-3-4/h2-3,5,8-14,18,30H,4,6-7,15-17,28H2,1H3,(H,31,34)(H,32,33);2-4H,1H2/b20-14-;. The maximum absolute atomic E-state index is 13.3. The molecule has 204 valence electrons. The van der Waals surface area contributed by atoms with Crippen LogP contribution in [0.1, 0.15) is 45.7 Å². The first kappa shape index (κ1) is 29.1. The van der Waals surface area contributed by atoms with Crippen molar-refractivity contribution in [3.63, 3.8) is 0 Å². The molecule has 2 aromatic carbocycles. The molecular weight excluding hydrogens is 492 g/mol. The van der Waals surface area contributed by atoms with Gasteiger partial charge in [0.2, 0.25) is 0 Å². The van der Waals surface area contributed by atoms with Gasteiger partial charge < -0.3 is 31.8 Å². The van der Waals surface area contributed by atoms with E-state index in [9.17, 15) is 9.59 Å². The van der Waals surface area contributed by atoms with Crippen LogP contribution in [0.3, 0.4) is 0 Å². The lowest BCUT2D eigenvalue weighted by molar-refractivity contribution is 0.0935. The molecule has 3 aromatic rings. The van der Waals surface area contributed by atoms with E-state index in [-0.39, 0.29) is 17.5 Å². The van der Waals surface area contributed by atoms with Gasteiger partial charge >= 0.3 is 0 Å². The Kier molecular flexibility index (Phi) is 11.2. The largest absolute Gasteiger partial charge is 0.403 e. The number of nitrogens with zero attached hydrogens (tertiary/aromatic N) is 1. The summed E-state index contributed by atoms with van der Waals surface area (Å²) in [5, 5.41) is 17.1. The van der Waals surface area contributed by atoms with Crippen molar-refractivity contribution >= 4 is 34.5 Å². The van der Waals surface area contributed by atoms with E-state index in [1.165, 1.54) is 18.7 Å². The molecule has 0 atom stereocenters. The minimum atomic E-state index is -0.302. The van der Waals surface area contributed by atoms with Crippen molar-refractivity contribution in [3.05, 3.63) is 96.1 Å². The Balaban J connectivity index is 0.000000983. The number of aromatic nitrogens is 1. The lowest BCUT2D eigenvalue weighted by atomic mass is 9.85. The van der Waals surface area contributed by atoms with Crippen LogP contribution < -0.4 is 21.7 Å². The second-order valence-electron chi connectivity index (χ2n) is 9.06. The van der Waals surface area contributed by atoms with E-state index in [1.807, 2.05) is 30.3 Å². The summed E-state index contributed by atoms with van der Waals surface area (Å²) in [4.78, 5) is 30.3. The number of rotatable bonds is 11. The molecule has 4 rings (SSSR count). The van der Waals surface area contributed by atoms with Crippen molar-refractivity contribution in [2.24, 2.45) is 11.7 Å². The highest BCUT2D eigenvalue weighted by Gasteiger charge is 2.21. The number of anilines is 1. The highest BCUT2D eigenvalue weighted by Crippen LogP contribution is 2.26. The minimum absolute atomic E-state index is 0.213. The summed E-state index contributed by atoms with van der Waals surface area (Å²) in [5.74, 6) is -0.0476. The van der Waals surface area contributed by atoms with Gasteiger partial charge in [-0.25, -0.2) is 4.98 Å². The van der Waals surface area contributed by atoms with Crippen molar-refractivity contribution < 1.29 is 14.3 Å². The maximum Gasteiger partial charge on any atom is 0.272 e. The number of hydrogen-bond acceptors (Lipinski definition) is 7. The number of carbonyl (C=O) groups is 2. The summed E-state index contributed by atoms with van der Waals surface area (Å²) in [6.07, 6.45) is 9.09. The molecule has 1 heterocycles. The van der Waals surface area contributed by atoms with Gasteiger partial charge in [-0.1, -0.05) is 49.4 Å². The molecule has 0 unspecified atom stereocenters. The third-order valence-electron chi connectivity index (χ3n) is 6.43. The minimum Gasteiger partial charge on any atom is -0.403 e. The van der Waals surface area contributed by atoms with Gasteiger partial charge in [-0.05, 0) is 53.3 Å². The fourth-order valence-electron chi connectivity index (χ4n) is 4.13. The van der Waals surface area contributed by atoms with Crippen LogP contribution in [-0.2, 0) is 11.3 Å². The second kappa shape index (κ2) is 15.0. The zero-order valence-electron chi connectivity index (χ0n) is 22.2. The number of benzene rings is 2. The molecule has 1 aliphatic rings. The van der Waals surface area contributed by atoms with Gasteiger partial charge in [-0.15, -0.1) is 0 Å². The smallest absolute Gasteiger partial charge is 0.272 e. The Morgan fingerprint density at radius 1 is 1.10 bits per heavy atom. The fraction of sp³-hybridized carbons (Fsp3) is 0.267. The van der Waals surface area contributed by atoms with Crippen molar-refractivity contribution in [1.29, 1.82) is 5.41 Å². The normalized spacial score (nSPS) is 12.9. The van der Waals surface area contributed by atoms with E-state index in [1.54, 1.807) is 31.5 Å². The third-order valence-corrected chi connectivity index (χ3v) is 6.43. The van der Waals surface area contributed by atoms with Gasteiger partial charge in [0.05, 0.1) is 18.0 Å². The number of nitrogens with two attached hydrogens (primary N) is 1. The van der Waals surface area contributed by atoms with E-state index < -0.39 is 0 Å². The van der Waals surface area contributed by atoms with Crippen molar-refractivity contribution in [2.45, 2.75) is 25.8 Å². The monoisotopic (exact) mass is 528 g/mol. The second-order valence-corrected chi connectivity index (χ2v) is 9.06. The average molecular weight is 529 g/mol. The Labute approximate surface area is 229 Å². The molecular formula is C30H36N6O3. The maximum atomic E-state index is 13.3. The predicted molar refractivity (Wildman–Crippen MR) is 156 cm³/mol. The summed E-state index contributed by atoms with van der Waals surface area (Å²) < 4.78 is 5.14. The molecule has 0 radical (unpaired) electrons. The van der Waals surface area contributed by atoms with Gasteiger partial charge in [0, 0.05) is 44.4 Å². The zero-order chi connectivity index (χ0) is 28.0. The number of methoxy groups -OCH3 is 1. The lowest BCUT2D eigenvalue weighted by Gasteiger charge is -2.25. The summed E-state index contributed by atoms with van der Waals surface area (Å²) >= 11 is 0. The topological polar surface area (TPSA) is 142 Å². The SMILES string of the molecule is C=CC=N.COC/C(=C/N)NCc1ccc(C(=O)Nc2cccnc2C(=O)NCC2CCC2)c2ccccc12. The molecule has 1 fully saturated rings. The molecule has 1 aliphatic carbocycles. The molecule has 0 aliphatic heterocycles. The summed E-state index contributed by atoms with van der Waals surface area (Å²) in [6, 6.07) is 14.8. The molecule has 0 bridgehead atoms. The van der Waals surface area contributed by atoms with Gasteiger partial charge in [0.15, 0.2) is 5.69 Å². The highest BCUT2D eigenvalue weighted by atomic mass is 16.5. The van der Waals surface area contributed by atoms with Crippen LogP contribution in [-0.4, -0.2) is 43.3 Å². The molecule has 1 aromatic heterocycles. The number of amides is 2. The number of nitrogens with one attached hydrogen (secondary N) is 4. The number of ether oxygens (including phenoxy) is 1. The first-order valence-corrected chi connectivity index (χ1v) is 12.8. The van der Waals surface area contributed by atoms with Gasteiger partial charge in [-0.2, -0.15) is 0 Å². The number of fused-ring (bicyclic) bond motifs is 1. The molecule has 6 N–H and O–H groups in total. The molecule has 1 saturated carbocycles. The third kappa shape index (κ3) is 7.99. The number of allylic oxidation sites excluding steroid dienone is 1. The van der Waals surface area contributed by atoms with Crippen LogP contribution >= 0.6 is 0 Å². The lowest BCUT2D eigenvalue weighted by Crippen LogP contribution is -2.33. The number of hydrogen-bond donors (Lipinski definition) is 5. The van der Waals surface area contributed by atoms with E-state index >= 15 is 0 Å². The Morgan fingerprint density at radius 2 is 1.85 bits per heavy atom. The van der Waals surface area contributed by atoms with E-state index in [0.29, 0.717) is 36.9 Å².